The van der Waals surface area contributed by atoms with Gasteiger partial charge in [0.2, 0.25) is 0 Å². The summed E-state index contributed by atoms with van der Waals surface area (Å²) in [7, 11) is 1.61. The number of carboxylic acid groups (broad SMARTS) is 1. The third-order valence-electron chi connectivity index (χ3n) is 8.99. The largest absolute Gasteiger partial charge is 0.496 e. The highest BCUT2D eigenvalue weighted by molar-refractivity contribution is 5.89. The zero-order chi connectivity index (χ0) is 32.8. The third-order valence-corrected chi connectivity index (χ3v) is 8.99. The normalized spacial score (nSPS) is 19.9. The molecule has 1 aliphatic heterocycles. The van der Waals surface area contributed by atoms with Crippen molar-refractivity contribution in [2.24, 2.45) is 5.41 Å². The first-order valence-corrected chi connectivity index (χ1v) is 15.0. The number of hydrogen-bond acceptors (Lipinski definition) is 4. The number of carboxylic acids is 1. The Morgan fingerprint density at radius 1 is 1.07 bits per heavy atom. The number of nitrogens with zero attached hydrogens (tertiary/aromatic N) is 1. The maximum Gasteiger partial charge on any atom is 0.416 e. The van der Waals surface area contributed by atoms with Crippen LogP contribution in [0, 0.1) is 19.3 Å². The Hall–Kier alpha value is -4.27. The molecule has 2 aliphatic rings. The van der Waals surface area contributed by atoms with Crippen LogP contribution in [-0.2, 0) is 10.9 Å². The average molecular weight is 622 g/mol. The number of ether oxygens (including phenoxy) is 2. The predicted octanol–water partition coefficient (Wildman–Crippen LogP) is 9.24. The number of rotatable bonds is 7. The average Bonchev–Trinajstić information content (AvgIpc) is 3.24. The number of benzene rings is 3. The fraction of sp³-hybridized carbons (Fsp3) is 0.389. The van der Waals surface area contributed by atoms with E-state index in [1.165, 1.54) is 0 Å². The molecule has 0 bridgehead atoms. The van der Waals surface area contributed by atoms with E-state index in [0.717, 1.165) is 58.4 Å². The maximum atomic E-state index is 13.6. The first-order valence-electron chi connectivity index (χ1n) is 15.0. The SMILES string of the molecule is COc1ccc(-c2ccc(C(=O)O)cc2C)cc1C1=C(CN2C(=O)O[C@H](c3cc(C)cc(C(F)(F)F)c3)[C@H]2C)CC(C)(C)CC1. The summed E-state index contributed by atoms with van der Waals surface area (Å²) in [5, 5.41) is 9.41. The van der Waals surface area contributed by atoms with E-state index in [0.29, 0.717) is 23.3 Å². The summed E-state index contributed by atoms with van der Waals surface area (Å²) in [5.74, 6) is -0.306. The fourth-order valence-electron chi connectivity index (χ4n) is 6.63. The number of carbonyl (C=O) groups is 2. The van der Waals surface area contributed by atoms with Gasteiger partial charge < -0.3 is 14.6 Å². The van der Waals surface area contributed by atoms with Gasteiger partial charge in [-0.05, 0) is 115 Å². The molecule has 1 amide bonds. The van der Waals surface area contributed by atoms with Crippen LogP contribution in [0.2, 0.25) is 0 Å². The topological polar surface area (TPSA) is 76.1 Å². The Balaban J connectivity index is 1.54. The molecular weight excluding hydrogens is 583 g/mol. The Kier molecular flexibility index (Phi) is 8.51. The number of halogens is 3. The van der Waals surface area contributed by atoms with Crippen LogP contribution in [0.25, 0.3) is 16.7 Å². The number of alkyl halides is 3. The van der Waals surface area contributed by atoms with Crippen LogP contribution in [0.15, 0.2) is 60.2 Å². The third kappa shape index (κ3) is 6.58. The molecule has 9 heteroatoms. The lowest BCUT2D eigenvalue weighted by molar-refractivity contribution is -0.137. The molecule has 2 atom stereocenters. The highest BCUT2D eigenvalue weighted by atomic mass is 19.4. The first-order chi connectivity index (χ1) is 21.1. The number of methoxy groups -OCH3 is 1. The minimum Gasteiger partial charge on any atom is -0.496 e. The number of aromatic carboxylic acids is 1. The Morgan fingerprint density at radius 2 is 1.80 bits per heavy atom. The molecule has 5 rings (SSSR count). The van der Waals surface area contributed by atoms with Gasteiger partial charge >= 0.3 is 18.2 Å². The Morgan fingerprint density at radius 3 is 2.44 bits per heavy atom. The highest BCUT2D eigenvalue weighted by Crippen LogP contribution is 2.47. The van der Waals surface area contributed by atoms with E-state index in [2.05, 4.69) is 19.9 Å². The van der Waals surface area contributed by atoms with Crippen molar-refractivity contribution >= 4 is 17.6 Å². The van der Waals surface area contributed by atoms with Crippen molar-refractivity contribution in [1.82, 2.24) is 4.90 Å². The lowest BCUT2D eigenvalue weighted by Gasteiger charge is -2.36. The monoisotopic (exact) mass is 621 g/mol. The van der Waals surface area contributed by atoms with Crippen molar-refractivity contribution < 1.29 is 37.3 Å². The summed E-state index contributed by atoms with van der Waals surface area (Å²) in [6.07, 6.45) is -3.54. The second-order valence-electron chi connectivity index (χ2n) is 13.0. The van der Waals surface area contributed by atoms with Gasteiger partial charge in [0, 0.05) is 12.1 Å². The zero-order valence-electron chi connectivity index (χ0n) is 26.3. The van der Waals surface area contributed by atoms with Gasteiger partial charge in [-0.1, -0.05) is 37.6 Å². The van der Waals surface area contributed by atoms with Crippen LogP contribution in [0.4, 0.5) is 18.0 Å². The fourth-order valence-corrected chi connectivity index (χ4v) is 6.63. The van der Waals surface area contributed by atoms with Crippen molar-refractivity contribution in [2.75, 3.05) is 13.7 Å². The molecular formula is C36H38F3NO5. The molecule has 1 heterocycles. The van der Waals surface area contributed by atoms with E-state index in [-0.39, 0.29) is 17.5 Å². The summed E-state index contributed by atoms with van der Waals surface area (Å²) in [5.41, 5.74) is 5.83. The number of allylic oxidation sites excluding steroid dienone is 1. The second-order valence-corrected chi connectivity index (χ2v) is 13.0. The van der Waals surface area contributed by atoms with E-state index in [1.807, 2.05) is 26.0 Å². The minimum atomic E-state index is -4.51. The van der Waals surface area contributed by atoms with Gasteiger partial charge in [0.15, 0.2) is 0 Å². The van der Waals surface area contributed by atoms with Crippen LogP contribution in [0.1, 0.15) is 84.3 Å². The van der Waals surface area contributed by atoms with Gasteiger partial charge in [-0.15, -0.1) is 0 Å². The molecule has 0 spiro atoms. The number of carbonyl (C=O) groups excluding carboxylic acids is 1. The van der Waals surface area contributed by atoms with Gasteiger partial charge in [0.05, 0.1) is 24.3 Å². The van der Waals surface area contributed by atoms with Crippen molar-refractivity contribution in [3.05, 3.63) is 93.6 Å². The molecule has 1 saturated heterocycles. The molecule has 0 aromatic heterocycles. The van der Waals surface area contributed by atoms with E-state index < -0.39 is 35.9 Å². The van der Waals surface area contributed by atoms with Crippen molar-refractivity contribution in [1.29, 1.82) is 0 Å². The first kappa shape index (κ1) is 32.1. The lowest BCUT2D eigenvalue weighted by Crippen LogP contribution is -2.35. The van der Waals surface area contributed by atoms with Crippen LogP contribution < -0.4 is 4.74 Å². The van der Waals surface area contributed by atoms with Crippen LogP contribution >= 0.6 is 0 Å². The molecule has 3 aromatic rings. The zero-order valence-corrected chi connectivity index (χ0v) is 26.3. The van der Waals surface area contributed by atoms with Crippen molar-refractivity contribution in [3.8, 4) is 16.9 Å². The summed E-state index contributed by atoms with van der Waals surface area (Å²) in [4.78, 5) is 26.4. The number of amides is 1. The molecule has 0 saturated carbocycles. The van der Waals surface area contributed by atoms with Crippen molar-refractivity contribution in [2.45, 2.75) is 72.2 Å². The van der Waals surface area contributed by atoms with E-state index in [9.17, 15) is 27.9 Å². The summed E-state index contributed by atoms with van der Waals surface area (Å²) >= 11 is 0. The molecule has 45 heavy (non-hydrogen) atoms. The Bertz CT molecular complexity index is 1690. The van der Waals surface area contributed by atoms with Crippen LogP contribution in [0.5, 0.6) is 5.75 Å². The predicted molar refractivity (Wildman–Crippen MR) is 166 cm³/mol. The van der Waals surface area contributed by atoms with Gasteiger partial charge in [0.25, 0.3) is 0 Å². The summed E-state index contributed by atoms with van der Waals surface area (Å²) in [6, 6.07) is 14.2. The van der Waals surface area contributed by atoms with Gasteiger partial charge in [-0.3, -0.25) is 4.90 Å². The second kappa shape index (κ2) is 11.9. The quantitative estimate of drug-likeness (QED) is 0.285. The number of hydrogen-bond donors (Lipinski definition) is 1. The van der Waals surface area contributed by atoms with Gasteiger partial charge in [-0.2, -0.15) is 13.2 Å². The molecule has 1 aliphatic carbocycles. The molecule has 3 aromatic carbocycles. The maximum absolute atomic E-state index is 13.6. The van der Waals surface area contributed by atoms with Crippen LogP contribution in [-0.4, -0.2) is 41.8 Å². The van der Waals surface area contributed by atoms with Crippen molar-refractivity contribution in [3.63, 3.8) is 0 Å². The molecule has 1 fully saturated rings. The summed E-state index contributed by atoms with van der Waals surface area (Å²) in [6.45, 7) is 9.93. The summed E-state index contributed by atoms with van der Waals surface area (Å²) < 4.78 is 52.3. The van der Waals surface area contributed by atoms with E-state index >= 15 is 0 Å². The molecule has 1 N–H and O–H groups in total. The standard InChI is InChI=1S/C36H38F3NO5/c1-20-13-25(16-27(14-20)36(37,38)39)32-22(3)40(34(43)45-32)19-26-18-35(4,5)12-11-29(26)30-17-23(8-10-31(30)44-6)28-9-7-24(33(41)42)15-21(28)2/h7-10,13-17,22,32H,11-12,18-19H2,1-6H3,(H,41,42)/t22-,32+/m1/s1. The molecule has 0 radical (unpaired) electrons. The smallest absolute Gasteiger partial charge is 0.416 e. The Labute approximate surface area is 261 Å². The van der Waals surface area contributed by atoms with Crippen LogP contribution in [0.3, 0.4) is 0 Å². The van der Waals surface area contributed by atoms with E-state index in [1.54, 1.807) is 43.2 Å². The number of aryl methyl sites for hydroxylation is 2. The van der Waals surface area contributed by atoms with E-state index in [4.69, 9.17) is 9.47 Å². The minimum absolute atomic E-state index is 0.0304. The molecule has 0 unspecified atom stereocenters. The number of cyclic esters (lactones) is 1. The lowest BCUT2D eigenvalue weighted by atomic mass is 9.72. The van der Waals surface area contributed by atoms with Gasteiger partial charge in [-0.25, -0.2) is 9.59 Å². The molecule has 6 nitrogen and oxygen atoms in total. The van der Waals surface area contributed by atoms with Gasteiger partial charge in [0.1, 0.15) is 11.9 Å². The highest BCUT2D eigenvalue weighted by Gasteiger charge is 2.42. The molecule has 238 valence electrons.